The molecule has 0 unspecified atom stereocenters. The van der Waals surface area contributed by atoms with Gasteiger partial charge < -0.3 is 36.8 Å². The van der Waals surface area contributed by atoms with Gasteiger partial charge >= 0.3 is 5.97 Å². The number of thioether (sulfide) groups is 1. The van der Waals surface area contributed by atoms with Gasteiger partial charge in [0.1, 0.15) is 29.9 Å². The highest BCUT2D eigenvalue weighted by atomic mass is 32.2. The zero-order valence-corrected chi connectivity index (χ0v) is 28.8. The molecule has 0 saturated carbocycles. The molecule has 1 heterocycles. The maximum Gasteiger partial charge on any atom is 0.326 e. The molecule has 12 nitrogen and oxygen atoms in total. The molecule has 7 N–H and O–H groups in total. The highest BCUT2D eigenvalue weighted by Crippen LogP contribution is 2.21. The number of likely N-dealkylation sites (tertiary alicyclic amines) is 1. The second-order valence-electron chi connectivity index (χ2n) is 12.3. The van der Waals surface area contributed by atoms with Gasteiger partial charge in [-0.1, -0.05) is 72.8 Å². The number of aliphatic carboxylic acids is 1. The third-order valence-electron chi connectivity index (χ3n) is 8.61. The third-order valence-corrected chi connectivity index (χ3v) is 9.26. The lowest BCUT2D eigenvalue weighted by Gasteiger charge is -2.30. The van der Waals surface area contributed by atoms with Crippen LogP contribution in [0.25, 0.3) is 0 Å². The van der Waals surface area contributed by atoms with Crippen LogP contribution >= 0.6 is 11.8 Å². The van der Waals surface area contributed by atoms with E-state index in [0.717, 1.165) is 11.1 Å². The van der Waals surface area contributed by atoms with Gasteiger partial charge in [-0.05, 0) is 60.1 Å². The molecule has 4 amide bonds. The number of nitrogens with two attached hydrogens (primary N) is 1. The van der Waals surface area contributed by atoms with Crippen molar-refractivity contribution in [3.05, 3.63) is 102 Å². The molecule has 0 aromatic heterocycles. The van der Waals surface area contributed by atoms with E-state index in [4.69, 9.17) is 5.73 Å². The number of amides is 4. The van der Waals surface area contributed by atoms with E-state index in [-0.39, 0.29) is 31.6 Å². The summed E-state index contributed by atoms with van der Waals surface area (Å²) in [5.41, 5.74) is 8.27. The minimum absolute atomic E-state index is 0.0261. The number of aromatic hydroxyl groups is 1. The van der Waals surface area contributed by atoms with Gasteiger partial charge in [-0.3, -0.25) is 19.2 Å². The number of carbonyl (C=O) groups is 5. The van der Waals surface area contributed by atoms with Crippen LogP contribution < -0.4 is 21.7 Å². The predicted octanol–water partition coefficient (Wildman–Crippen LogP) is 2.03. The number of carboxylic acid groups (broad SMARTS) is 1. The quantitative estimate of drug-likeness (QED) is 0.122. The van der Waals surface area contributed by atoms with Crippen molar-refractivity contribution in [2.45, 2.75) is 68.7 Å². The summed E-state index contributed by atoms with van der Waals surface area (Å²) in [6.45, 7) is 0.278. The van der Waals surface area contributed by atoms with Gasteiger partial charge in [0.25, 0.3) is 0 Å². The molecular formula is C37H45N5O7S. The summed E-state index contributed by atoms with van der Waals surface area (Å²) in [4.78, 5) is 68.3. The first-order chi connectivity index (χ1) is 24.0. The Hall–Kier alpha value is -4.88. The zero-order valence-electron chi connectivity index (χ0n) is 28.0. The molecule has 3 aromatic carbocycles. The second-order valence-corrected chi connectivity index (χ2v) is 13.3. The molecular weight excluding hydrogens is 659 g/mol. The fourth-order valence-electron chi connectivity index (χ4n) is 5.87. The van der Waals surface area contributed by atoms with Gasteiger partial charge in [-0.2, -0.15) is 11.8 Å². The number of rotatable bonds is 17. The minimum atomic E-state index is -1.31. The molecule has 0 radical (unpaired) electrons. The Morgan fingerprint density at radius 1 is 0.780 bits per heavy atom. The van der Waals surface area contributed by atoms with Crippen LogP contribution in [-0.4, -0.2) is 93.5 Å². The fourth-order valence-corrected chi connectivity index (χ4v) is 6.36. The molecule has 1 saturated heterocycles. The highest BCUT2D eigenvalue weighted by Gasteiger charge is 2.39. The summed E-state index contributed by atoms with van der Waals surface area (Å²) < 4.78 is 0. The molecule has 0 bridgehead atoms. The number of nitrogens with one attached hydrogen (secondary N) is 3. The number of hydrogen-bond acceptors (Lipinski definition) is 8. The van der Waals surface area contributed by atoms with Crippen LogP contribution in [-0.2, 0) is 43.2 Å². The Bertz CT molecular complexity index is 1590. The molecule has 50 heavy (non-hydrogen) atoms. The van der Waals surface area contributed by atoms with E-state index >= 15 is 0 Å². The lowest BCUT2D eigenvalue weighted by molar-refractivity contribution is -0.143. The van der Waals surface area contributed by atoms with Gasteiger partial charge in [0.05, 0.1) is 6.04 Å². The first kappa shape index (κ1) is 37.9. The number of phenols is 1. The SMILES string of the molecule is CSCC[C@H](N)C(=O)N[C@@H](Cc1ccccc1)C(=O)N1CCC[C@H]1C(=O)N[C@@H](Cc1ccccc1)C(=O)N[C@@H](Cc1ccc(O)cc1)C(=O)O. The minimum Gasteiger partial charge on any atom is -0.508 e. The van der Waals surface area contributed by atoms with Crippen LogP contribution in [0, 0.1) is 0 Å². The van der Waals surface area contributed by atoms with Gasteiger partial charge in [0.15, 0.2) is 0 Å². The molecule has 0 spiro atoms. The van der Waals surface area contributed by atoms with E-state index in [1.165, 1.54) is 17.0 Å². The Kier molecular flexibility index (Phi) is 14.2. The van der Waals surface area contributed by atoms with Gasteiger partial charge in [0, 0.05) is 25.8 Å². The molecule has 1 aliphatic heterocycles. The largest absolute Gasteiger partial charge is 0.508 e. The van der Waals surface area contributed by atoms with Crippen molar-refractivity contribution in [1.82, 2.24) is 20.9 Å². The number of carbonyl (C=O) groups excluding carboxylic acids is 4. The Balaban J connectivity index is 1.52. The maximum absolute atomic E-state index is 14.1. The lowest BCUT2D eigenvalue weighted by atomic mass is 10.0. The molecule has 4 rings (SSSR count). The van der Waals surface area contributed by atoms with E-state index in [1.54, 1.807) is 48.2 Å². The molecule has 266 valence electrons. The van der Waals surface area contributed by atoms with E-state index in [1.807, 2.05) is 42.7 Å². The summed E-state index contributed by atoms with van der Waals surface area (Å²) in [7, 11) is 0. The fraction of sp³-hybridized carbons (Fsp3) is 0.378. The molecule has 3 aromatic rings. The summed E-state index contributed by atoms with van der Waals surface area (Å²) in [6, 6.07) is 19.1. The highest BCUT2D eigenvalue weighted by molar-refractivity contribution is 7.98. The van der Waals surface area contributed by atoms with Crippen molar-refractivity contribution < 1.29 is 34.2 Å². The van der Waals surface area contributed by atoms with Crippen molar-refractivity contribution >= 4 is 41.4 Å². The summed E-state index contributed by atoms with van der Waals surface area (Å²) in [6.07, 6.45) is 3.46. The lowest BCUT2D eigenvalue weighted by Crippen LogP contribution is -2.59. The normalized spacial score (nSPS) is 16.4. The van der Waals surface area contributed by atoms with Gasteiger partial charge in [-0.25, -0.2) is 4.79 Å². The van der Waals surface area contributed by atoms with Crippen molar-refractivity contribution in [2.24, 2.45) is 5.73 Å². The molecule has 1 fully saturated rings. The monoisotopic (exact) mass is 703 g/mol. The van der Waals surface area contributed by atoms with Crippen LogP contribution in [0.15, 0.2) is 84.9 Å². The first-order valence-electron chi connectivity index (χ1n) is 16.6. The molecule has 5 atom stereocenters. The Labute approximate surface area is 296 Å². The predicted molar refractivity (Wildman–Crippen MR) is 191 cm³/mol. The van der Waals surface area contributed by atoms with Crippen LogP contribution in [0.2, 0.25) is 0 Å². The van der Waals surface area contributed by atoms with E-state index in [0.29, 0.717) is 30.6 Å². The van der Waals surface area contributed by atoms with Gasteiger partial charge in [-0.15, -0.1) is 0 Å². The van der Waals surface area contributed by atoms with Gasteiger partial charge in [0.2, 0.25) is 23.6 Å². The van der Waals surface area contributed by atoms with Crippen LogP contribution in [0.1, 0.15) is 36.0 Å². The van der Waals surface area contributed by atoms with Crippen LogP contribution in [0.5, 0.6) is 5.75 Å². The Morgan fingerprint density at radius 3 is 1.90 bits per heavy atom. The molecule has 0 aliphatic carbocycles. The molecule has 1 aliphatic rings. The summed E-state index contributed by atoms with van der Waals surface area (Å²) in [5.74, 6) is -2.69. The number of carboxylic acids is 1. The Morgan fingerprint density at radius 2 is 1.32 bits per heavy atom. The van der Waals surface area contributed by atoms with Crippen LogP contribution in [0.4, 0.5) is 0 Å². The second kappa shape index (κ2) is 18.8. The number of benzene rings is 3. The van der Waals surface area contributed by atoms with Crippen molar-refractivity contribution in [2.75, 3.05) is 18.6 Å². The van der Waals surface area contributed by atoms with E-state index in [9.17, 15) is 34.2 Å². The maximum atomic E-state index is 14.1. The van der Waals surface area contributed by atoms with Crippen LogP contribution in [0.3, 0.4) is 0 Å². The first-order valence-corrected chi connectivity index (χ1v) is 18.0. The van der Waals surface area contributed by atoms with E-state index in [2.05, 4.69) is 16.0 Å². The molecule has 13 heteroatoms. The van der Waals surface area contributed by atoms with Crippen molar-refractivity contribution in [3.63, 3.8) is 0 Å². The topological polar surface area (TPSA) is 191 Å². The van der Waals surface area contributed by atoms with Crippen molar-refractivity contribution in [1.29, 1.82) is 0 Å². The standard InChI is InChI=1S/C37H45N5O7S/c1-50-20-18-28(38)33(44)40-30(22-25-11-6-3-7-12-25)36(47)42-19-8-13-32(42)35(46)39-29(21-24-9-4-2-5-10-24)34(45)41-31(37(48)49)23-26-14-16-27(43)17-15-26/h2-7,9-12,14-17,28-32,43H,8,13,18-23,38H2,1H3,(H,39,46)(H,40,44)(H,41,45)(H,48,49)/t28-,29-,30-,31-,32-/m0/s1. The smallest absolute Gasteiger partial charge is 0.326 e. The average Bonchev–Trinajstić information content (AvgIpc) is 3.61. The third kappa shape index (κ3) is 11.1. The zero-order chi connectivity index (χ0) is 36.0. The average molecular weight is 704 g/mol. The van der Waals surface area contributed by atoms with E-state index < -0.39 is 59.8 Å². The summed E-state index contributed by atoms with van der Waals surface area (Å²) in [5, 5.41) is 27.7. The summed E-state index contributed by atoms with van der Waals surface area (Å²) >= 11 is 1.57. The van der Waals surface area contributed by atoms with Crippen molar-refractivity contribution in [3.8, 4) is 5.75 Å². The number of nitrogens with zero attached hydrogens (tertiary/aromatic N) is 1. The number of hydrogen-bond donors (Lipinski definition) is 6. The number of phenolic OH excluding ortho intramolecular Hbond substituents is 1.